The van der Waals surface area contributed by atoms with E-state index < -0.39 is 5.82 Å². The van der Waals surface area contributed by atoms with E-state index in [-0.39, 0.29) is 11.1 Å². The van der Waals surface area contributed by atoms with Crippen LogP contribution in [0, 0.1) is 5.82 Å². The quantitative estimate of drug-likeness (QED) is 0.753. The van der Waals surface area contributed by atoms with Crippen molar-refractivity contribution < 1.29 is 4.39 Å². The van der Waals surface area contributed by atoms with E-state index in [1.165, 1.54) is 6.07 Å². The highest BCUT2D eigenvalue weighted by Gasteiger charge is 2.13. The van der Waals surface area contributed by atoms with Crippen LogP contribution < -0.4 is 5.32 Å². The first-order chi connectivity index (χ1) is 9.49. The number of hydrogen-bond donors (Lipinski definition) is 1. The molecule has 2 aromatic carbocycles. The minimum atomic E-state index is -0.397. The Morgan fingerprint density at radius 3 is 2.55 bits per heavy atom. The van der Waals surface area contributed by atoms with Gasteiger partial charge < -0.3 is 5.32 Å². The Kier molecular flexibility index (Phi) is 5.44. The minimum Gasteiger partial charge on any atom is -0.313 e. The molecule has 5 heteroatoms. The summed E-state index contributed by atoms with van der Waals surface area (Å²) in [6, 6.07) is 10.7. The van der Waals surface area contributed by atoms with Crippen LogP contribution in [0.4, 0.5) is 4.39 Å². The molecule has 0 aliphatic heterocycles. The van der Waals surface area contributed by atoms with Crippen LogP contribution in [0.5, 0.6) is 0 Å². The van der Waals surface area contributed by atoms with Crippen LogP contribution in [0.15, 0.2) is 40.9 Å². The molecule has 20 heavy (non-hydrogen) atoms. The van der Waals surface area contributed by atoms with E-state index in [1.54, 1.807) is 6.07 Å². The van der Waals surface area contributed by atoms with Gasteiger partial charge >= 0.3 is 0 Å². The third-order valence-electron chi connectivity index (χ3n) is 3.06. The third kappa shape index (κ3) is 3.95. The second kappa shape index (κ2) is 6.90. The standard InChI is InChI=1S/C15H13BrCl2FN/c1-20-15(10-6-11(16)8-12(17)7-10)5-9-2-3-13(18)14(19)4-9/h2-4,6-8,15,20H,5H2,1H3. The highest BCUT2D eigenvalue weighted by atomic mass is 79.9. The van der Waals surface area contributed by atoms with Crippen LogP contribution in [-0.4, -0.2) is 7.05 Å². The molecule has 1 N–H and O–H groups in total. The van der Waals surface area contributed by atoms with Gasteiger partial charge in [0.05, 0.1) is 5.02 Å². The Morgan fingerprint density at radius 2 is 1.95 bits per heavy atom. The highest BCUT2D eigenvalue weighted by molar-refractivity contribution is 9.10. The maximum atomic E-state index is 13.5. The lowest BCUT2D eigenvalue weighted by atomic mass is 9.99. The van der Waals surface area contributed by atoms with Gasteiger partial charge in [-0.3, -0.25) is 0 Å². The second-order valence-electron chi connectivity index (χ2n) is 4.50. The number of hydrogen-bond acceptors (Lipinski definition) is 1. The molecular weight excluding hydrogens is 364 g/mol. The van der Waals surface area contributed by atoms with Crippen LogP contribution in [-0.2, 0) is 6.42 Å². The van der Waals surface area contributed by atoms with Crippen LogP contribution in [0.25, 0.3) is 0 Å². The van der Waals surface area contributed by atoms with E-state index in [0.29, 0.717) is 11.4 Å². The SMILES string of the molecule is CNC(Cc1ccc(Cl)c(F)c1)c1cc(Cl)cc(Br)c1. The van der Waals surface area contributed by atoms with E-state index in [0.717, 1.165) is 15.6 Å². The monoisotopic (exact) mass is 375 g/mol. The Labute approximate surface area is 136 Å². The van der Waals surface area contributed by atoms with E-state index in [9.17, 15) is 4.39 Å². The molecule has 0 saturated heterocycles. The van der Waals surface area contributed by atoms with E-state index >= 15 is 0 Å². The highest BCUT2D eigenvalue weighted by Crippen LogP contribution is 2.26. The number of nitrogens with one attached hydrogen (secondary N) is 1. The molecule has 0 radical (unpaired) electrons. The molecule has 0 heterocycles. The Balaban J connectivity index is 2.26. The zero-order valence-corrected chi connectivity index (χ0v) is 13.9. The Bertz CT molecular complexity index is 599. The number of halogens is 4. The van der Waals surface area contributed by atoms with Gasteiger partial charge in [-0.25, -0.2) is 4.39 Å². The van der Waals surface area contributed by atoms with Crippen molar-refractivity contribution in [2.45, 2.75) is 12.5 Å². The maximum absolute atomic E-state index is 13.5. The Hall–Kier alpha value is -0.610. The van der Waals surface area contributed by atoms with E-state index in [1.807, 2.05) is 31.3 Å². The molecule has 0 aliphatic rings. The first kappa shape index (κ1) is 15.8. The van der Waals surface area contributed by atoms with Gasteiger partial charge in [0.25, 0.3) is 0 Å². The lowest BCUT2D eigenvalue weighted by molar-refractivity contribution is 0.584. The third-order valence-corrected chi connectivity index (χ3v) is 4.04. The molecule has 0 aliphatic carbocycles. The molecule has 0 saturated carbocycles. The van der Waals surface area contributed by atoms with Crippen molar-refractivity contribution in [1.82, 2.24) is 5.32 Å². The summed E-state index contributed by atoms with van der Waals surface area (Å²) in [4.78, 5) is 0. The lowest BCUT2D eigenvalue weighted by Gasteiger charge is -2.18. The average Bonchev–Trinajstić information content (AvgIpc) is 2.38. The van der Waals surface area contributed by atoms with Gasteiger partial charge in [-0.1, -0.05) is 45.2 Å². The maximum Gasteiger partial charge on any atom is 0.142 e. The molecule has 0 aromatic heterocycles. The predicted molar refractivity (Wildman–Crippen MR) is 86.1 cm³/mol. The van der Waals surface area contributed by atoms with Gasteiger partial charge in [-0.05, 0) is 54.9 Å². The van der Waals surface area contributed by atoms with E-state index in [2.05, 4.69) is 21.2 Å². The molecule has 1 atom stereocenters. The molecule has 0 spiro atoms. The number of benzene rings is 2. The van der Waals surface area contributed by atoms with Crippen molar-refractivity contribution in [2.75, 3.05) is 7.05 Å². The van der Waals surface area contributed by atoms with E-state index in [4.69, 9.17) is 23.2 Å². The van der Waals surface area contributed by atoms with Crippen molar-refractivity contribution in [2.24, 2.45) is 0 Å². The van der Waals surface area contributed by atoms with Crippen molar-refractivity contribution in [3.8, 4) is 0 Å². The molecular formula is C15H13BrCl2FN. The smallest absolute Gasteiger partial charge is 0.142 e. The fraction of sp³-hybridized carbons (Fsp3) is 0.200. The minimum absolute atomic E-state index is 0.0468. The summed E-state index contributed by atoms with van der Waals surface area (Å²) < 4.78 is 14.4. The molecule has 0 fully saturated rings. The van der Waals surface area contributed by atoms with Gasteiger partial charge in [0.1, 0.15) is 5.82 Å². The summed E-state index contributed by atoms with van der Waals surface area (Å²) in [6.45, 7) is 0. The van der Waals surface area contributed by atoms with Crippen molar-refractivity contribution in [3.63, 3.8) is 0 Å². The van der Waals surface area contributed by atoms with Crippen molar-refractivity contribution in [3.05, 3.63) is 67.9 Å². The van der Waals surface area contributed by atoms with Crippen LogP contribution in [0.2, 0.25) is 10.0 Å². The molecule has 2 aromatic rings. The summed E-state index contributed by atoms with van der Waals surface area (Å²) in [5, 5.41) is 4.02. The topological polar surface area (TPSA) is 12.0 Å². The van der Waals surface area contributed by atoms with Crippen molar-refractivity contribution >= 4 is 39.1 Å². The predicted octanol–water partition coefficient (Wildman–Crippen LogP) is 5.40. The molecule has 0 bridgehead atoms. The average molecular weight is 377 g/mol. The molecule has 1 nitrogen and oxygen atoms in total. The number of rotatable bonds is 4. The molecule has 1 unspecified atom stereocenters. The van der Waals surface area contributed by atoms with Crippen molar-refractivity contribution in [1.29, 1.82) is 0 Å². The summed E-state index contributed by atoms with van der Waals surface area (Å²) in [5.74, 6) is -0.397. The fourth-order valence-corrected chi connectivity index (χ4v) is 3.07. The summed E-state index contributed by atoms with van der Waals surface area (Å²) in [7, 11) is 1.87. The summed E-state index contributed by atoms with van der Waals surface area (Å²) in [5.41, 5.74) is 1.92. The van der Waals surface area contributed by atoms with Gasteiger partial charge in [-0.2, -0.15) is 0 Å². The summed E-state index contributed by atoms with van der Waals surface area (Å²) in [6.07, 6.45) is 0.650. The lowest BCUT2D eigenvalue weighted by Crippen LogP contribution is -2.19. The first-order valence-electron chi connectivity index (χ1n) is 6.07. The summed E-state index contributed by atoms with van der Waals surface area (Å²) >= 11 is 15.2. The second-order valence-corrected chi connectivity index (χ2v) is 6.26. The number of likely N-dealkylation sites (N-methyl/N-ethyl adjacent to an activating group) is 1. The first-order valence-corrected chi connectivity index (χ1v) is 7.61. The van der Waals surface area contributed by atoms with Crippen LogP contribution in [0.1, 0.15) is 17.2 Å². The van der Waals surface area contributed by atoms with Crippen LogP contribution >= 0.6 is 39.1 Å². The molecule has 0 amide bonds. The fourth-order valence-electron chi connectivity index (χ4n) is 2.07. The van der Waals surface area contributed by atoms with Crippen LogP contribution in [0.3, 0.4) is 0 Å². The van der Waals surface area contributed by atoms with Gasteiger partial charge in [0, 0.05) is 15.5 Å². The molecule has 106 valence electrons. The van der Waals surface area contributed by atoms with Gasteiger partial charge in [-0.15, -0.1) is 0 Å². The molecule has 2 rings (SSSR count). The largest absolute Gasteiger partial charge is 0.313 e. The zero-order valence-electron chi connectivity index (χ0n) is 10.8. The van der Waals surface area contributed by atoms with Gasteiger partial charge in [0.2, 0.25) is 0 Å². The zero-order chi connectivity index (χ0) is 14.7. The Morgan fingerprint density at radius 1 is 1.20 bits per heavy atom. The van der Waals surface area contributed by atoms with Gasteiger partial charge in [0.15, 0.2) is 0 Å². The normalized spacial score (nSPS) is 12.4.